The molecule has 1 saturated heterocycles. The Balaban J connectivity index is 1.38. The van der Waals surface area contributed by atoms with Crippen LogP contribution in [0.4, 0.5) is 0 Å². The summed E-state index contributed by atoms with van der Waals surface area (Å²) in [7, 11) is -3.65. The highest BCUT2D eigenvalue weighted by Gasteiger charge is 2.29. The van der Waals surface area contributed by atoms with Crippen molar-refractivity contribution >= 4 is 20.8 Å². The van der Waals surface area contributed by atoms with Gasteiger partial charge in [0.2, 0.25) is 10.0 Å². The van der Waals surface area contributed by atoms with Crippen molar-refractivity contribution in [2.75, 3.05) is 26.2 Å². The van der Waals surface area contributed by atoms with Crippen LogP contribution in [0.5, 0.6) is 0 Å². The molecule has 0 radical (unpaired) electrons. The first-order valence-corrected chi connectivity index (χ1v) is 13.1. The van der Waals surface area contributed by atoms with Crippen LogP contribution in [0, 0.1) is 18.3 Å². The fourth-order valence-corrected chi connectivity index (χ4v) is 5.83. The summed E-state index contributed by atoms with van der Waals surface area (Å²) in [6.45, 7) is 3.84. The van der Waals surface area contributed by atoms with Crippen molar-refractivity contribution in [3.05, 3.63) is 94.3 Å². The normalized spacial score (nSPS) is 15.1. The van der Waals surface area contributed by atoms with Crippen LogP contribution in [0.15, 0.2) is 82.5 Å². The van der Waals surface area contributed by atoms with Gasteiger partial charge in [0.25, 0.3) is 5.56 Å². The van der Waals surface area contributed by atoms with E-state index in [4.69, 9.17) is 10.4 Å². The molecule has 36 heavy (non-hydrogen) atoms. The van der Waals surface area contributed by atoms with Gasteiger partial charge in [-0.1, -0.05) is 48.0 Å². The molecule has 8 nitrogen and oxygen atoms in total. The van der Waals surface area contributed by atoms with E-state index in [0.29, 0.717) is 37.1 Å². The standard InChI is InChI=1S/C27H25N5O3S/c1-20-6-10-22(11-7-20)26-24-4-2-3-5-25(24)27(33)32(29-26)19-30-14-16-31(17-15-30)36(34,35)23-12-8-21(18-28)9-13-23/h2-13H,14-17,19H2,1H3. The van der Waals surface area contributed by atoms with Gasteiger partial charge < -0.3 is 0 Å². The molecule has 0 spiro atoms. The van der Waals surface area contributed by atoms with Gasteiger partial charge in [0.1, 0.15) is 0 Å². The first-order valence-electron chi connectivity index (χ1n) is 11.7. The highest BCUT2D eigenvalue weighted by atomic mass is 32.2. The van der Waals surface area contributed by atoms with E-state index in [2.05, 4.69) is 0 Å². The van der Waals surface area contributed by atoms with Crippen LogP contribution in [-0.4, -0.2) is 53.6 Å². The van der Waals surface area contributed by atoms with Crippen molar-refractivity contribution < 1.29 is 8.42 Å². The molecular weight excluding hydrogens is 474 g/mol. The van der Waals surface area contributed by atoms with Crippen LogP contribution in [-0.2, 0) is 16.7 Å². The van der Waals surface area contributed by atoms with Gasteiger partial charge in [-0.2, -0.15) is 14.7 Å². The molecule has 182 valence electrons. The molecule has 0 N–H and O–H groups in total. The summed E-state index contributed by atoms with van der Waals surface area (Å²) in [5, 5.41) is 15.1. The lowest BCUT2D eigenvalue weighted by molar-refractivity contribution is 0.143. The number of benzene rings is 3. The molecule has 3 aromatic carbocycles. The Labute approximate surface area is 209 Å². The average molecular weight is 500 g/mol. The van der Waals surface area contributed by atoms with E-state index in [0.717, 1.165) is 22.2 Å². The van der Waals surface area contributed by atoms with E-state index in [1.54, 1.807) is 0 Å². The molecular formula is C27H25N5O3S. The first-order chi connectivity index (χ1) is 17.4. The van der Waals surface area contributed by atoms with Gasteiger partial charge in [-0.05, 0) is 37.3 Å². The van der Waals surface area contributed by atoms with E-state index >= 15 is 0 Å². The average Bonchev–Trinajstić information content (AvgIpc) is 2.91. The number of nitrogens with zero attached hydrogens (tertiary/aromatic N) is 5. The molecule has 0 aliphatic carbocycles. The van der Waals surface area contributed by atoms with Crippen molar-refractivity contribution in [1.29, 1.82) is 5.26 Å². The van der Waals surface area contributed by atoms with Crippen LogP contribution in [0.1, 0.15) is 11.1 Å². The smallest absolute Gasteiger partial charge is 0.275 e. The van der Waals surface area contributed by atoms with Gasteiger partial charge in [-0.3, -0.25) is 9.69 Å². The number of sulfonamides is 1. The van der Waals surface area contributed by atoms with Gasteiger partial charge in [0.15, 0.2) is 0 Å². The van der Waals surface area contributed by atoms with E-state index in [1.807, 2.05) is 66.4 Å². The Morgan fingerprint density at radius 1 is 0.889 bits per heavy atom. The maximum atomic E-state index is 13.2. The maximum absolute atomic E-state index is 13.2. The predicted molar refractivity (Wildman–Crippen MR) is 138 cm³/mol. The topological polar surface area (TPSA) is 99.3 Å². The molecule has 5 rings (SSSR count). The van der Waals surface area contributed by atoms with Crippen molar-refractivity contribution in [3.8, 4) is 17.3 Å². The van der Waals surface area contributed by atoms with Crippen LogP contribution in [0.2, 0.25) is 0 Å². The number of nitriles is 1. The molecule has 1 fully saturated rings. The highest BCUT2D eigenvalue weighted by molar-refractivity contribution is 7.89. The Bertz CT molecular complexity index is 1610. The highest BCUT2D eigenvalue weighted by Crippen LogP contribution is 2.25. The quantitative estimate of drug-likeness (QED) is 0.418. The number of fused-ring (bicyclic) bond motifs is 1. The summed E-state index contributed by atoms with van der Waals surface area (Å²) in [5.74, 6) is 0. The second-order valence-corrected chi connectivity index (χ2v) is 10.8. The summed E-state index contributed by atoms with van der Waals surface area (Å²) >= 11 is 0. The minimum absolute atomic E-state index is 0.171. The lowest BCUT2D eigenvalue weighted by atomic mass is 10.0. The number of hydrogen-bond acceptors (Lipinski definition) is 6. The van der Waals surface area contributed by atoms with E-state index in [1.165, 1.54) is 33.3 Å². The SMILES string of the molecule is Cc1ccc(-c2nn(CN3CCN(S(=O)(=O)c4ccc(C#N)cc4)CC3)c(=O)c3ccccc23)cc1. The lowest BCUT2D eigenvalue weighted by Gasteiger charge is -2.34. The van der Waals surface area contributed by atoms with Crippen molar-refractivity contribution in [2.24, 2.45) is 0 Å². The van der Waals surface area contributed by atoms with E-state index < -0.39 is 10.0 Å². The Morgan fingerprint density at radius 2 is 1.53 bits per heavy atom. The molecule has 4 aromatic rings. The second kappa shape index (κ2) is 9.66. The Kier molecular flexibility index (Phi) is 6.41. The van der Waals surface area contributed by atoms with Gasteiger partial charge in [0, 0.05) is 37.1 Å². The minimum Gasteiger partial charge on any atom is -0.282 e. The largest absolute Gasteiger partial charge is 0.282 e. The molecule has 2 heterocycles. The zero-order chi connectivity index (χ0) is 25.3. The molecule has 0 amide bonds. The Hall–Kier alpha value is -3.84. The molecule has 9 heteroatoms. The Morgan fingerprint density at radius 3 is 2.17 bits per heavy atom. The third-order valence-corrected chi connectivity index (χ3v) is 8.39. The van der Waals surface area contributed by atoms with Gasteiger partial charge in [-0.25, -0.2) is 13.1 Å². The second-order valence-electron chi connectivity index (χ2n) is 8.86. The molecule has 1 aliphatic rings. The molecule has 0 unspecified atom stereocenters. The fraction of sp³-hybridized carbons (Fsp3) is 0.222. The zero-order valence-electron chi connectivity index (χ0n) is 19.8. The molecule has 1 aliphatic heterocycles. The summed E-state index contributed by atoms with van der Waals surface area (Å²) in [6, 6.07) is 23.5. The van der Waals surface area contributed by atoms with Crippen molar-refractivity contribution in [3.63, 3.8) is 0 Å². The number of piperazine rings is 1. The first kappa shape index (κ1) is 23.9. The van der Waals surface area contributed by atoms with Gasteiger partial charge in [-0.15, -0.1) is 0 Å². The van der Waals surface area contributed by atoms with Gasteiger partial charge >= 0.3 is 0 Å². The zero-order valence-corrected chi connectivity index (χ0v) is 20.6. The number of hydrogen-bond donors (Lipinski definition) is 0. The van der Waals surface area contributed by atoms with E-state index in [-0.39, 0.29) is 17.1 Å². The summed E-state index contributed by atoms with van der Waals surface area (Å²) in [4.78, 5) is 15.5. The third-order valence-electron chi connectivity index (χ3n) is 6.48. The van der Waals surface area contributed by atoms with Crippen LogP contribution < -0.4 is 5.56 Å². The third kappa shape index (κ3) is 4.54. The summed E-state index contributed by atoms with van der Waals surface area (Å²) in [6.07, 6.45) is 0. The number of rotatable bonds is 5. The van der Waals surface area contributed by atoms with Crippen LogP contribution in [0.3, 0.4) is 0 Å². The summed E-state index contributed by atoms with van der Waals surface area (Å²) in [5.41, 5.74) is 3.06. The monoisotopic (exact) mass is 499 g/mol. The van der Waals surface area contributed by atoms with E-state index in [9.17, 15) is 13.2 Å². The molecule has 0 bridgehead atoms. The minimum atomic E-state index is -3.65. The van der Waals surface area contributed by atoms with Crippen molar-refractivity contribution in [2.45, 2.75) is 18.5 Å². The van der Waals surface area contributed by atoms with Crippen molar-refractivity contribution in [1.82, 2.24) is 19.0 Å². The number of aryl methyl sites for hydroxylation is 1. The number of aromatic nitrogens is 2. The lowest BCUT2D eigenvalue weighted by Crippen LogP contribution is -2.49. The van der Waals surface area contributed by atoms with Gasteiger partial charge in [0.05, 0.1) is 34.3 Å². The molecule has 1 aromatic heterocycles. The molecule has 0 saturated carbocycles. The summed E-state index contributed by atoms with van der Waals surface area (Å²) < 4.78 is 29.0. The predicted octanol–water partition coefficient (Wildman–Crippen LogP) is 3.21. The maximum Gasteiger partial charge on any atom is 0.275 e. The van der Waals surface area contributed by atoms with Crippen LogP contribution in [0.25, 0.3) is 22.0 Å². The van der Waals surface area contributed by atoms with Crippen LogP contribution >= 0.6 is 0 Å². The fourth-order valence-electron chi connectivity index (χ4n) is 4.41. The molecule has 0 atom stereocenters.